The molecule has 0 fully saturated rings. The van der Waals surface area contributed by atoms with Crippen LogP contribution in [0.4, 0.5) is 0 Å². The van der Waals surface area contributed by atoms with Crippen molar-refractivity contribution in [2.75, 3.05) is 0 Å². The van der Waals surface area contributed by atoms with E-state index in [9.17, 15) is 0 Å². The maximum Gasteiger partial charge on any atom is 0.160 e. The summed E-state index contributed by atoms with van der Waals surface area (Å²) in [6, 6.07) is 106. The molecule has 0 saturated carbocycles. The van der Waals surface area contributed by atoms with E-state index in [1.54, 1.807) is 0 Å². The lowest BCUT2D eigenvalue weighted by atomic mass is 9.93. The number of para-hydroxylation sites is 6. The van der Waals surface area contributed by atoms with Gasteiger partial charge in [-0.05, 0) is 137 Å². The van der Waals surface area contributed by atoms with Crippen LogP contribution in [-0.4, -0.2) is 28.2 Å². The lowest BCUT2D eigenvalue weighted by molar-refractivity contribution is 1.16. The zero-order valence-corrected chi connectivity index (χ0v) is 46.4. The van der Waals surface area contributed by atoms with Gasteiger partial charge in [-0.1, -0.05) is 182 Å². The quantitative estimate of drug-likeness (QED) is 0.160. The van der Waals surface area contributed by atoms with Crippen molar-refractivity contribution in [2.45, 2.75) is 0 Å². The monoisotopic (exact) mass is 1090 g/mol. The van der Waals surface area contributed by atoms with Crippen LogP contribution in [-0.2, 0) is 0 Å². The van der Waals surface area contributed by atoms with Gasteiger partial charge >= 0.3 is 0 Å². The topological polar surface area (TPSA) is 45.5 Å². The highest BCUT2D eigenvalue weighted by Gasteiger charge is 2.30. The standard InChI is InChI=1S/C80H48N6/c1-2-17-49(18-3-1)56-43-44-64-76-63(56)25-16-26-65(76)79-77(64)78(50-33-37-52(38-34-50)83-72-31-14-8-23-61(72)66-47-54(41-45-74(66)83)85-68-27-10-4-19-57(68)58-20-5-11-28-69(58)85)81-80(82-79)51-35-39-53(40-36-51)84-73-32-15-9-24-62(73)67-48-55(42-46-75(67)84)86-70-29-12-6-21-59(70)60-22-7-13-30-71(60)86/h1-48H. The minimum Gasteiger partial charge on any atom is -0.309 e. The summed E-state index contributed by atoms with van der Waals surface area (Å²) in [6.07, 6.45) is 0. The Kier molecular flexibility index (Phi) is 9.80. The number of aromatic nitrogens is 6. The van der Waals surface area contributed by atoms with E-state index in [4.69, 9.17) is 9.97 Å². The summed E-state index contributed by atoms with van der Waals surface area (Å²) >= 11 is 0. The van der Waals surface area contributed by atoms with Gasteiger partial charge in [-0.25, -0.2) is 9.97 Å². The third-order valence-electron chi connectivity index (χ3n) is 18.3. The van der Waals surface area contributed by atoms with E-state index in [0.717, 1.165) is 84.0 Å². The number of nitrogens with zero attached hydrogens (tertiary/aromatic N) is 6. The number of benzene rings is 13. The number of hydrogen-bond donors (Lipinski definition) is 0. The van der Waals surface area contributed by atoms with Crippen LogP contribution >= 0.6 is 0 Å². The van der Waals surface area contributed by atoms with Crippen LogP contribution in [0, 0.1) is 0 Å². The molecule has 18 aromatic rings. The van der Waals surface area contributed by atoms with Crippen molar-refractivity contribution < 1.29 is 0 Å². The molecule has 0 unspecified atom stereocenters. The predicted molar refractivity (Wildman–Crippen MR) is 358 cm³/mol. The molecule has 13 aromatic carbocycles. The van der Waals surface area contributed by atoms with Crippen LogP contribution in [0.2, 0.25) is 0 Å². The Hall–Kier alpha value is -11.6. The second-order valence-electron chi connectivity index (χ2n) is 22.8. The smallest absolute Gasteiger partial charge is 0.160 e. The van der Waals surface area contributed by atoms with Gasteiger partial charge in [0.1, 0.15) is 0 Å². The Balaban J connectivity index is 0.749. The van der Waals surface area contributed by atoms with Crippen LogP contribution in [0.1, 0.15) is 0 Å². The molecule has 0 atom stereocenters. The average molecular weight is 1090 g/mol. The van der Waals surface area contributed by atoms with Gasteiger partial charge < -0.3 is 18.3 Å². The SMILES string of the molecule is c1ccc(-c2ccc3c4c(cccc24)-c2nc(-c4ccc(-n5c6ccccc6c6cc(-n7c8ccccc8c8ccccc87)ccc65)cc4)nc(-c4ccc(-n5c6ccccc6c6cc(-n7c8ccccc8c8ccccc87)ccc65)cc4)c2-3)cc1. The van der Waals surface area contributed by atoms with Crippen LogP contribution in [0.15, 0.2) is 291 Å². The predicted octanol–water partition coefficient (Wildman–Crippen LogP) is 20.7. The molecule has 0 amide bonds. The van der Waals surface area contributed by atoms with Crippen molar-refractivity contribution in [1.82, 2.24) is 28.2 Å². The van der Waals surface area contributed by atoms with Crippen molar-refractivity contribution in [3.8, 4) is 78.9 Å². The molecule has 0 bridgehead atoms. The molecule has 1 aliphatic carbocycles. The summed E-state index contributed by atoms with van der Waals surface area (Å²) in [4.78, 5) is 11.2. The zero-order valence-electron chi connectivity index (χ0n) is 46.4. The van der Waals surface area contributed by atoms with Gasteiger partial charge in [0.2, 0.25) is 0 Å². The van der Waals surface area contributed by atoms with Crippen LogP contribution in [0.5, 0.6) is 0 Å². The van der Waals surface area contributed by atoms with E-state index in [-0.39, 0.29) is 0 Å². The van der Waals surface area contributed by atoms with Gasteiger partial charge in [-0.15, -0.1) is 0 Å². The van der Waals surface area contributed by atoms with Gasteiger partial charge in [0.05, 0.1) is 55.5 Å². The largest absolute Gasteiger partial charge is 0.309 e. The summed E-state index contributed by atoms with van der Waals surface area (Å²) in [7, 11) is 0. The number of rotatable bonds is 7. The lowest BCUT2D eigenvalue weighted by Gasteiger charge is -2.14. The first kappa shape index (κ1) is 46.9. The van der Waals surface area contributed by atoms with Gasteiger partial charge in [-0.3, -0.25) is 0 Å². The maximum absolute atomic E-state index is 5.65. The Morgan fingerprint density at radius 2 is 0.570 bits per heavy atom. The molecule has 0 radical (unpaired) electrons. The fourth-order valence-electron chi connectivity index (χ4n) is 14.6. The second-order valence-corrected chi connectivity index (χ2v) is 22.8. The molecule has 398 valence electrons. The molecule has 1 aliphatic rings. The van der Waals surface area contributed by atoms with E-state index in [1.165, 1.54) is 87.1 Å². The molecule has 0 N–H and O–H groups in total. The first-order valence-corrected chi connectivity index (χ1v) is 29.5. The first-order valence-electron chi connectivity index (χ1n) is 29.5. The fraction of sp³-hybridized carbons (Fsp3) is 0. The highest BCUT2D eigenvalue weighted by molar-refractivity contribution is 6.21. The summed E-state index contributed by atoms with van der Waals surface area (Å²) in [6.45, 7) is 0. The highest BCUT2D eigenvalue weighted by atomic mass is 15.0. The average Bonchev–Trinajstić information content (AvgIpc) is 1.88. The first-order chi connectivity index (χ1) is 42.7. The zero-order chi connectivity index (χ0) is 56.1. The summed E-state index contributed by atoms with van der Waals surface area (Å²) < 4.78 is 9.61. The molecule has 0 saturated heterocycles. The molecule has 5 heterocycles. The number of fused-ring (bicyclic) bond motifs is 15. The van der Waals surface area contributed by atoms with E-state index < -0.39 is 0 Å². The maximum atomic E-state index is 5.65. The summed E-state index contributed by atoms with van der Waals surface area (Å²) in [5.41, 5.74) is 23.4. The van der Waals surface area contributed by atoms with E-state index in [1.807, 2.05) is 0 Å². The van der Waals surface area contributed by atoms with Crippen molar-refractivity contribution in [3.63, 3.8) is 0 Å². The number of hydrogen-bond acceptors (Lipinski definition) is 2. The van der Waals surface area contributed by atoms with Crippen LogP contribution in [0.3, 0.4) is 0 Å². The normalized spacial score (nSPS) is 12.2. The van der Waals surface area contributed by atoms with Crippen molar-refractivity contribution >= 4 is 98.0 Å². The fourth-order valence-corrected chi connectivity index (χ4v) is 14.6. The summed E-state index contributed by atoms with van der Waals surface area (Å²) in [5.74, 6) is 0.682. The Labute approximate surface area is 493 Å². The van der Waals surface area contributed by atoms with Gasteiger partial charge in [-0.2, -0.15) is 0 Å². The van der Waals surface area contributed by atoms with Gasteiger partial charge in [0, 0.05) is 88.1 Å². The molecule has 0 spiro atoms. The minimum atomic E-state index is 0.682. The molecular weight excluding hydrogens is 1040 g/mol. The molecule has 6 heteroatoms. The van der Waals surface area contributed by atoms with Crippen LogP contribution in [0.25, 0.3) is 177 Å². The minimum absolute atomic E-state index is 0.682. The Morgan fingerprint density at radius 3 is 1.05 bits per heavy atom. The van der Waals surface area contributed by atoms with Crippen molar-refractivity contribution in [2.24, 2.45) is 0 Å². The molecule has 0 aliphatic heterocycles. The Morgan fingerprint density at radius 1 is 0.209 bits per heavy atom. The molecule has 6 nitrogen and oxygen atoms in total. The lowest BCUT2D eigenvalue weighted by Crippen LogP contribution is -1.99. The molecule has 5 aromatic heterocycles. The third kappa shape index (κ3) is 6.66. The molecule has 19 rings (SSSR count). The van der Waals surface area contributed by atoms with Gasteiger partial charge in [0.25, 0.3) is 0 Å². The third-order valence-corrected chi connectivity index (χ3v) is 18.3. The summed E-state index contributed by atoms with van der Waals surface area (Å²) in [5, 5.41) is 12.3. The highest BCUT2D eigenvalue weighted by Crippen LogP contribution is 2.52. The molecular formula is C80H48N6. The van der Waals surface area contributed by atoms with E-state index in [0.29, 0.717) is 5.82 Å². The van der Waals surface area contributed by atoms with E-state index >= 15 is 0 Å². The van der Waals surface area contributed by atoms with Gasteiger partial charge in [0.15, 0.2) is 5.82 Å². The second kappa shape index (κ2) is 18.0. The Bertz CT molecular complexity index is 5770. The van der Waals surface area contributed by atoms with E-state index in [2.05, 4.69) is 309 Å². The van der Waals surface area contributed by atoms with Crippen molar-refractivity contribution in [1.29, 1.82) is 0 Å². The van der Waals surface area contributed by atoms with Crippen molar-refractivity contribution in [3.05, 3.63) is 291 Å². The molecule has 86 heavy (non-hydrogen) atoms. The van der Waals surface area contributed by atoms with Crippen LogP contribution < -0.4 is 0 Å².